The molecule has 0 radical (unpaired) electrons. The lowest BCUT2D eigenvalue weighted by Crippen LogP contribution is -2.56. The van der Waals surface area contributed by atoms with Crippen molar-refractivity contribution in [3.8, 4) is 5.75 Å². The highest BCUT2D eigenvalue weighted by Gasteiger charge is 2.42. The maximum Gasteiger partial charge on any atom is 0.329 e. The van der Waals surface area contributed by atoms with Gasteiger partial charge in [-0.05, 0) is 25.0 Å². The number of hydrogen-bond donors (Lipinski definition) is 3. The van der Waals surface area contributed by atoms with E-state index < -0.39 is 34.3 Å². The first kappa shape index (κ1) is 22.2. The van der Waals surface area contributed by atoms with Gasteiger partial charge in [0.15, 0.2) is 0 Å². The Hall–Kier alpha value is -2.98. The number of hydrogen-bond acceptors (Lipinski definition) is 7. The number of aromatic nitrogens is 2. The van der Waals surface area contributed by atoms with Gasteiger partial charge < -0.3 is 20.3 Å². The molecule has 10 nitrogen and oxygen atoms in total. The van der Waals surface area contributed by atoms with Crippen molar-refractivity contribution in [3.63, 3.8) is 0 Å². The van der Waals surface area contributed by atoms with E-state index in [1.54, 1.807) is 12.1 Å². The fourth-order valence-corrected chi connectivity index (χ4v) is 4.57. The van der Waals surface area contributed by atoms with E-state index in [1.165, 1.54) is 10.8 Å². The van der Waals surface area contributed by atoms with Gasteiger partial charge in [0, 0.05) is 32.4 Å². The number of carbonyl (C=O) groups is 2. The molecule has 0 spiro atoms. The largest absolute Gasteiger partial charge is 0.506 e. The van der Waals surface area contributed by atoms with Gasteiger partial charge in [-0.3, -0.25) is 19.1 Å². The van der Waals surface area contributed by atoms with Gasteiger partial charge in [-0.25, -0.2) is 9.78 Å². The Morgan fingerprint density at radius 1 is 1.16 bits per heavy atom. The maximum atomic E-state index is 13.3. The van der Waals surface area contributed by atoms with Crippen molar-refractivity contribution in [2.45, 2.75) is 44.2 Å². The molecule has 32 heavy (non-hydrogen) atoms. The van der Waals surface area contributed by atoms with E-state index in [4.69, 9.17) is 4.74 Å². The number of nitrogens with zero attached hydrogens (tertiary/aromatic N) is 3. The molecule has 0 aromatic carbocycles. The Bertz CT molecular complexity index is 1070. The van der Waals surface area contributed by atoms with Gasteiger partial charge in [-0.1, -0.05) is 19.3 Å². The second-order valence-corrected chi connectivity index (χ2v) is 8.41. The van der Waals surface area contributed by atoms with Gasteiger partial charge in [0.2, 0.25) is 0 Å². The van der Waals surface area contributed by atoms with E-state index in [9.17, 15) is 24.6 Å². The molecule has 2 fully saturated rings. The van der Waals surface area contributed by atoms with Crippen LogP contribution in [0.25, 0.3) is 11.0 Å². The fraction of sp³-hybridized carbons (Fsp3) is 0.545. The van der Waals surface area contributed by atoms with Crippen LogP contribution in [0.5, 0.6) is 5.75 Å². The number of carboxylic acid groups (broad SMARTS) is 1. The minimum absolute atomic E-state index is 0.271. The van der Waals surface area contributed by atoms with Crippen molar-refractivity contribution in [1.29, 1.82) is 0 Å². The smallest absolute Gasteiger partial charge is 0.329 e. The topological polar surface area (TPSA) is 134 Å². The number of amides is 1. The van der Waals surface area contributed by atoms with Gasteiger partial charge in [0.1, 0.15) is 22.5 Å². The van der Waals surface area contributed by atoms with Crippen LogP contribution in [0, 0.1) is 0 Å². The third-order valence-corrected chi connectivity index (χ3v) is 6.43. The van der Waals surface area contributed by atoms with Crippen LogP contribution in [0.2, 0.25) is 0 Å². The van der Waals surface area contributed by atoms with Gasteiger partial charge in [-0.2, -0.15) is 0 Å². The molecule has 2 aromatic heterocycles. The van der Waals surface area contributed by atoms with E-state index in [-0.39, 0.29) is 30.4 Å². The Labute approximate surface area is 184 Å². The van der Waals surface area contributed by atoms with Crippen molar-refractivity contribution in [2.24, 2.45) is 0 Å². The van der Waals surface area contributed by atoms with Crippen molar-refractivity contribution in [3.05, 3.63) is 34.2 Å². The van der Waals surface area contributed by atoms with Gasteiger partial charge in [-0.15, -0.1) is 0 Å². The van der Waals surface area contributed by atoms with E-state index >= 15 is 0 Å². The van der Waals surface area contributed by atoms with E-state index in [1.807, 2.05) is 0 Å². The summed E-state index contributed by atoms with van der Waals surface area (Å²) in [7, 11) is 0. The van der Waals surface area contributed by atoms with Crippen LogP contribution in [0.3, 0.4) is 0 Å². The van der Waals surface area contributed by atoms with Crippen LogP contribution in [0.4, 0.5) is 0 Å². The SMILES string of the molecule is O=C(NC1(C(=O)O)CCCCC1)c1c(O)c2cccnc2n(CCN2CCOCC2)c1=O. The summed E-state index contributed by atoms with van der Waals surface area (Å²) < 4.78 is 6.74. The van der Waals surface area contributed by atoms with E-state index in [0.29, 0.717) is 32.6 Å². The van der Waals surface area contributed by atoms with Crippen molar-refractivity contribution in [2.75, 3.05) is 32.8 Å². The minimum Gasteiger partial charge on any atom is -0.506 e. The third-order valence-electron chi connectivity index (χ3n) is 6.43. The molecular formula is C22H28N4O6. The highest BCUT2D eigenvalue weighted by Crippen LogP contribution is 2.30. The first-order valence-electron chi connectivity index (χ1n) is 11.0. The number of ether oxygens (including phenoxy) is 1. The van der Waals surface area contributed by atoms with Crippen molar-refractivity contribution < 1.29 is 24.5 Å². The zero-order valence-electron chi connectivity index (χ0n) is 17.9. The second-order valence-electron chi connectivity index (χ2n) is 8.41. The summed E-state index contributed by atoms with van der Waals surface area (Å²) in [6.07, 6.45) is 4.33. The predicted molar refractivity (Wildman–Crippen MR) is 116 cm³/mol. The molecule has 3 N–H and O–H groups in total. The van der Waals surface area contributed by atoms with E-state index in [0.717, 1.165) is 19.5 Å². The molecule has 3 heterocycles. The predicted octanol–water partition coefficient (Wildman–Crippen LogP) is 0.952. The number of nitrogens with one attached hydrogen (secondary N) is 1. The maximum absolute atomic E-state index is 13.3. The summed E-state index contributed by atoms with van der Waals surface area (Å²) in [5, 5.41) is 23.4. The Balaban J connectivity index is 1.71. The number of morpholine rings is 1. The zero-order chi connectivity index (χ0) is 22.7. The molecule has 1 amide bonds. The number of aliphatic carboxylic acids is 1. The van der Waals surface area contributed by atoms with Gasteiger partial charge in [0.25, 0.3) is 11.5 Å². The fourth-order valence-electron chi connectivity index (χ4n) is 4.57. The molecule has 1 saturated heterocycles. The molecule has 2 aromatic rings. The Morgan fingerprint density at radius 2 is 1.88 bits per heavy atom. The van der Waals surface area contributed by atoms with Crippen molar-refractivity contribution in [1.82, 2.24) is 19.8 Å². The average Bonchev–Trinajstić information content (AvgIpc) is 2.80. The average molecular weight is 444 g/mol. The highest BCUT2D eigenvalue weighted by molar-refractivity contribution is 6.03. The Morgan fingerprint density at radius 3 is 2.56 bits per heavy atom. The summed E-state index contributed by atoms with van der Waals surface area (Å²) in [6, 6.07) is 3.20. The number of rotatable bonds is 6. The summed E-state index contributed by atoms with van der Waals surface area (Å²) in [4.78, 5) is 44.9. The van der Waals surface area contributed by atoms with Crippen LogP contribution in [0.1, 0.15) is 42.5 Å². The zero-order valence-corrected chi connectivity index (χ0v) is 17.9. The molecule has 4 rings (SSSR count). The third kappa shape index (κ3) is 4.20. The highest BCUT2D eigenvalue weighted by atomic mass is 16.5. The van der Waals surface area contributed by atoms with E-state index in [2.05, 4.69) is 15.2 Å². The molecule has 0 bridgehead atoms. The van der Waals surface area contributed by atoms with Crippen LogP contribution >= 0.6 is 0 Å². The molecule has 2 aliphatic rings. The van der Waals surface area contributed by atoms with Crippen LogP contribution in [-0.2, 0) is 16.1 Å². The summed E-state index contributed by atoms with van der Waals surface area (Å²) in [6.45, 7) is 3.55. The molecular weight excluding hydrogens is 416 g/mol. The minimum atomic E-state index is -1.43. The molecule has 10 heteroatoms. The molecule has 0 unspecified atom stereocenters. The lowest BCUT2D eigenvalue weighted by molar-refractivity contribution is -0.145. The second kappa shape index (κ2) is 9.25. The monoisotopic (exact) mass is 444 g/mol. The quantitative estimate of drug-likeness (QED) is 0.600. The standard InChI is InChI=1S/C22H28N4O6/c27-17-15-5-4-8-23-18(15)26(10-9-25-11-13-32-14-12-25)20(29)16(17)19(28)24-22(21(30)31)6-2-1-3-7-22/h4-5,8,27H,1-3,6-7,9-14H2,(H,24,28)(H,30,31). The van der Waals surface area contributed by atoms with Crippen LogP contribution < -0.4 is 10.9 Å². The summed E-state index contributed by atoms with van der Waals surface area (Å²) in [5.74, 6) is -2.47. The number of carbonyl (C=O) groups excluding carboxylic acids is 1. The van der Waals surface area contributed by atoms with Crippen LogP contribution in [0.15, 0.2) is 23.1 Å². The number of carboxylic acids is 1. The number of aromatic hydroxyl groups is 1. The van der Waals surface area contributed by atoms with Gasteiger partial charge in [0.05, 0.1) is 18.6 Å². The summed E-state index contributed by atoms with van der Waals surface area (Å²) in [5.41, 5.74) is -2.28. The molecule has 172 valence electrons. The number of pyridine rings is 2. The molecule has 1 aliphatic carbocycles. The number of fused-ring (bicyclic) bond motifs is 1. The molecule has 1 aliphatic heterocycles. The first-order valence-corrected chi connectivity index (χ1v) is 11.0. The Kier molecular flexibility index (Phi) is 6.43. The van der Waals surface area contributed by atoms with Gasteiger partial charge >= 0.3 is 5.97 Å². The summed E-state index contributed by atoms with van der Waals surface area (Å²) >= 11 is 0. The normalized spacial score (nSPS) is 19.0. The molecule has 1 saturated carbocycles. The lowest BCUT2D eigenvalue weighted by Gasteiger charge is -2.34. The molecule has 0 atom stereocenters. The van der Waals surface area contributed by atoms with Crippen molar-refractivity contribution >= 4 is 22.9 Å². The first-order chi connectivity index (χ1) is 15.4. The van der Waals surface area contributed by atoms with Crippen LogP contribution in [-0.4, -0.2) is 74.9 Å². The lowest BCUT2D eigenvalue weighted by atomic mass is 9.81.